The van der Waals surface area contributed by atoms with Crippen molar-refractivity contribution in [1.82, 2.24) is 9.97 Å². The molecular weight excluding hydrogens is 200 g/mol. The zero-order chi connectivity index (χ0) is 11.5. The van der Waals surface area contributed by atoms with Crippen molar-refractivity contribution in [3.05, 3.63) is 36.3 Å². The number of para-hydroxylation sites is 1. The van der Waals surface area contributed by atoms with Crippen LogP contribution in [0, 0.1) is 0 Å². The first kappa shape index (κ1) is 11.0. The third-order valence-electron chi connectivity index (χ3n) is 2.95. The zero-order valence-corrected chi connectivity index (χ0v) is 9.59. The Morgan fingerprint density at radius 1 is 1.25 bits per heavy atom. The van der Waals surface area contributed by atoms with Crippen LogP contribution in [0.5, 0.6) is 0 Å². The van der Waals surface area contributed by atoms with Crippen LogP contribution in [0.1, 0.15) is 31.9 Å². The van der Waals surface area contributed by atoms with Crippen molar-refractivity contribution in [1.29, 1.82) is 0 Å². The van der Waals surface area contributed by atoms with Crippen molar-refractivity contribution in [3.8, 4) is 0 Å². The van der Waals surface area contributed by atoms with E-state index in [0.29, 0.717) is 0 Å². The van der Waals surface area contributed by atoms with Crippen molar-refractivity contribution >= 4 is 10.9 Å². The molecule has 0 saturated heterocycles. The summed E-state index contributed by atoms with van der Waals surface area (Å²) in [4.78, 5) is 8.55. The lowest BCUT2D eigenvalue weighted by atomic mass is 9.94. The number of benzene rings is 1. The van der Waals surface area contributed by atoms with Gasteiger partial charge in [0, 0.05) is 11.3 Å². The van der Waals surface area contributed by atoms with E-state index in [9.17, 15) is 5.11 Å². The first-order valence-electron chi connectivity index (χ1n) is 5.61. The number of nitrogens with zero attached hydrogens (tertiary/aromatic N) is 2. The van der Waals surface area contributed by atoms with Crippen LogP contribution >= 0.6 is 0 Å². The predicted molar refractivity (Wildman–Crippen MR) is 64.3 cm³/mol. The maximum absolute atomic E-state index is 9.76. The smallest absolute Gasteiger partial charge is 0.116 e. The van der Waals surface area contributed by atoms with Gasteiger partial charge in [-0.3, -0.25) is 0 Å². The minimum atomic E-state index is -0.386. The zero-order valence-electron chi connectivity index (χ0n) is 9.59. The predicted octanol–water partition coefficient (Wildman–Crippen LogP) is 2.50. The van der Waals surface area contributed by atoms with Gasteiger partial charge in [-0.15, -0.1) is 0 Å². The van der Waals surface area contributed by atoms with Gasteiger partial charge in [0.15, 0.2) is 0 Å². The molecule has 0 amide bonds. The number of aliphatic hydroxyl groups excluding tert-OH is 1. The molecule has 0 fully saturated rings. The second kappa shape index (κ2) is 4.58. The van der Waals surface area contributed by atoms with E-state index in [1.165, 1.54) is 0 Å². The van der Waals surface area contributed by atoms with E-state index >= 15 is 0 Å². The molecule has 1 aromatic carbocycles. The number of hydrogen-bond donors (Lipinski definition) is 1. The van der Waals surface area contributed by atoms with E-state index < -0.39 is 0 Å². The molecule has 1 aromatic heterocycles. The Morgan fingerprint density at radius 3 is 2.69 bits per heavy atom. The highest BCUT2D eigenvalue weighted by molar-refractivity contribution is 5.81. The van der Waals surface area contributed by atoms with E-state index in [1.807, 2.05) is 31.2 Å². The fraction of sp³-hybridized carbons (Fsp3) is 0.385. The van der Waals surface area contributed by atoms with E-state index in [1.54, 1.807) is 6.33 Å². The fourth-order valence-corrected chi connectivity index (χ4v) is 2.08. The largest absolute Gasteiger partial charge is 0.393 e. The second-order valence-corrected chi connectivity index (χ2v) is 4.03. The van der Waals surface area contributed by atoms with E-state index in [-0.39, 0.29) is 12.0 Å². The van der Waals surface area contributed by atoms with Crippen LogP contribution in [0.4, 0.5) is 0 Å². The minimum Gasteiger partial charge on any atom is -0.393 e. The average molecular weight is 216 g/mol. The summed E-state index contributed by atoms with van der Waals surface area (Å²) in [5.41, 5.74) is 1.88. The molecule has 2 unspecified atom stereocenters. The number of aromatic nitrogens is 2. The van der Waals surface area contributed by atoms with Gasteiger partial charge in [-0.2, -0.15) is 0 Å². The van der Waals surface area contributed by atoms with Crippen LogP contribution in [-0.2, 0) is 0 Å². The molecule has 0 spiro atoms. The van der Waals surface area contributed by atoms with Crippen molar-refractivity contribution in [2.24, 2.45) is 0 Å². The maximum atomic E-state index is 9.76. The van der Waals surface area contributed by atoms with E-state index in [2.05, 4.69) is 16.9 Å². The Morgan fingerprint density at radius 2 is 2.00 bits per heavy atom. The molecule has 0 aliphatic carbocycles. The van der Waals surface area contributed by atoms with Crippen LogP contribution in [0.25, 0.3) is 10.9 Å². The molecule has 16 heavy (non-hydrogen) atoms. The van der Waals surface area contributed by atoms with Crippen LogP contribution in [0.15, 0.2) is 30.6 Å². The monoisotopic (exact) mass is 216 g/mol. The molecule has 3 nitrogen and oxygen atoms in total. The van der Waals surface area contributed by atoms with Crippen LogP contribution in [0.3, 0.4) is 0 Å². The van der Waals surface area contributed by atoms with E-state index in [0.717, 1.165) is 23.0 Å². The summed E-state index contributed by atoms with van der Waals surface area (Å²) < 4.78 is 0. The molecule has 0 bridgehead atoms. The highest BCUT2D eigenvalue weighted by Crippen LogP contribution is 2.27. The van der Waals surface area contributed by atoms with Gasteiger partial charge in [0.2, 0.25) is 0 Å². The van der Waals surface area contributed by atoms with Gasteiger partial charge in [-0.05, 0) is 19.4 Å². The molecular formula is C13H16N2O. The maximum Gasteiger partial charge on any atom is 0.116 e. The third-order valence-corrected chi connectivity index (χ3v) is 2.95. The lowest BCUT2D eigenvalue weighted by Gasteiger charge is -2.18. The summed E-state index contributed by atoms with van der Waals surface area (Å²) in [5.74, 6) is 0.0768. The van der Waals surface area contributed by atoms with Gasteiger partial charge in [0.05, 0.1) is 17.3 Å². The van der Waals surface area contributed by atoms with Crippen molar-refractivity contribution in [2.45, 2.75) is 32.3 Å². The molecule has 2 atom stereocenters. The fourth-order valence-electron chi connectivity index (χ4n) is 2.08. The molecule has 0 saturated carbocycles. The highest BCUT2D eigenvalue weighted by Gasteiger charge is 2.19. The van der Waals surface area contributed by atoms with Gasteiger partial charge < -0.3 is 5.11 Å². The van der Waals surface area contributed by atoms with Gasteiger partial charge in [0.1, 0.15) is 6.33 Å². The van der Waals surface area contributed by atoms with Crippen molar-refractivity contribution < 1.29 is 5.11 Å². The quantitative estimate of drug-likeness (QED) is 0.857. The molecule has 0 aliphatic heterocycles. The Bertz CT molecular complexity index is 477. The Labute approximate surface area is 95.2 Å². The van der Waals surface area contributed by atoms with Crippen LogP contribution in [-0.4, -0.2) is 21.2 Å². The summed E-state index contributed by atoms with van der Waals surface area (Å²) in [6, 6.07) is 7.91. The summed E-state index contributed by atoms with van der Waals surface area (Å²) in [5, 5.41) is 10.8. The van der Waals surface area contributed by atoms with Gasteiger partial charge >= 0.3 is 0 Å². The topological polar surface area (TPSA) is 46.0 Å². The van der Waals surface area contributed by atoms with Crippen LogP contribution in [0.2, 0.25) is 0 Å². The van der Waals surface area contributed by atoms with E-state index in [4.69, 9.17) is 0 Å². The Kier molecular flexibility index (Phi) is 3.15. The number of hydrogen-bond acceptors (Lipinski definition) is 3. The molecule has 2 aromatic rings. The van der Waals surface area contributed by atoms with Gasteiger partial charge in [0.25, 0.3) is 0 Å². The summed E-state index contributed by atoms with van der Waals surface area (Å²) in [6.07, 6.45) is 2.06. The molecule has 1 heterocycles. The summed E-state index contributed by atoms with van der Waals surface area (Å²) in [7, 11) is 0. The molecule has 1 N–H and O–H groups in total. The lowest BCUT2D eigenvalue weighted by Crippen LogP contribution is -2.15. The summed E-state index contributed by atoms with van der Waals surface area (Å²) in [6.45, 7) is 3.87. The molecule has 3 heteroatoms. The summed E-state index contributed by atoms with van der Waals surface area (Å²) >= 11 is 0. The van der Waals surface area contributed by atoms with Crippen molar-refractivity contribution in [2.75, 3.05) is 0 Å². The molecule has 2 rings (SSSR count). The molecule has 0 radical (unpaired) electrons. The molecule has 0 aliphatic rings. The number of fused-ring (bicyclic) bond motifs is 1. The van der Waals surface area contributed by atoms with Crippen molar-refractivity contribution in [3.63, 3.8) is 0 Å². The average Bonchev–Trinajstić information content (AvgIpc) is 2.30. The lowest BCUT2D eigenvalue weighted by molar-refractivity contribution is 0.158. The second-order valence-electron chi connectivity index (χ2n) is 4.03. The molecule has 84 valence electrons. The normalized spacial score (nSPS) is 14.9. The first-order chi connectivity index (χ1) is 7.74. The number of rotatable bonds is 3. The van der Waals surface area contributed by atoms with Gasteiger partial charge in [-0.25, -0.2) is 9.97 Å². The van der Waals surface area contributed by atoms with Crippen LogP contribution < -0.4 is 0 Å². The third kappa shape index (κ3) is 1.91. The number of aliphatic hydroxyl groups is 1. The Hall–Kier alpha value is -1.48. The highest BCUT2D eigenvalue weighted by atomic mass is 16.3. The first-order valence-corrected chi connectivity index (χ1v) is 5.61. The Balaban J connectivity index is 2.59. The SMILES string of the molecule is CCC(c1ncnc2ccccc12)C(C)O. The minimum absolute atomic E-state index is 0.0768. The van der Waals surface area contributed by atoms with Gasteiger partial charge in [-0.1, -0.05) is 25.1 Å². The standard InChI is InChI=1S/C13H16N2O/c1-3-10(9(2)16)13-11-6-4-5-7-12(11)14-8-15-13/h4-10,16H,3H2,1-2H3.